The van der Waals surface area contributed by atoms with Gasteiger partial charge in [0.2, 0.25) is 10.0 Å². The van der Waals surface area contributed by atoms with Gasteiger partial charge in [0.1, 0.15) is 10.7 Å². The van der Waals surface area contributed by atoms with E-state index in [0.29, 0.717) is 12.4 Å². The van der Waals surface area contributed by atoms with Gasteiger partial charge in [-0.25, -0.2) is 13.4 Å². The van der Waals surface area contributed by atoms with Gasteiger partial charge >= 0.3 is 0 Å². The third-order valence-electron chi connectivity index (χ3n) is 2.43. The van der Waals surface area contributed by atoms with E-state index < -0.39 is 10.0 Å². The first kappa shape index (κ1) is 13.0. The van der Waals surface area contributed by atoms with Gasteiger partial charge in [-0.2, -0.15) is 4.31 Å². The maximum atomic E-state index is 12.2. The molecule has 0 radical (unpaired) electrons. The molecule has 0 spiro atoms. The van der Waals surface area contributed by atoms with Gasteiger partial charge < -0.3 is 5.73 Å². The largest absolute Gasteiger partial charge is 0.384 e. The van der Waals surface area contributed by atoms with E-state index in [1.54, 1.807) is 7.05 Å². The Labute approximate surface area is 110 Å². The van der Waals surface area contributed by atoms with Crippen molar-refractivity contribution in [2.24, 2.45) is 0 Å². The number of sulfonamides is 1. The predicted molar refractivity (Wildman–Crippen MR) is 71.6 cm³/mol. The Hall–Kier alpha value is -1.44. The van der Waals surface area contributed by atoms with Crippen LogP contribution in [0.5, 0.6) is 0 Å². The molecule has 5 nitrogen and oxygen atoms in total. The topological polar surface area (TPSA) is 76.3 Å². The lowest BCUT2D eigenvalue weighted by Crippen LogP contribution is -2.26. The molecule has 0 bridgehead atoms. The highest BCUT2D eigenvalue weighted by molar-refractivity contribution is 7.89. The molecule has 0 aliphatic rings. The smallest absolute Gasteiger partial charge is 0.244 e. The summed E-state index contributed by atoms with van der Waals surface area (Å²) >= 11 is 1.52. The number of anilines is 1. The summed E-state index contributed by atoms with van der Waals surface area (Å²) in [5.41, 5.74) is 5.44. The van der Waals surface area contributed by atoms with Crippen molar-refractivity contribution in [2.45, 2.75) is 11.4 Å². The summed E-state index contributed by atoms with van der Waals surface area (Å²) in [4.78, 5) is 4.94. The van der Waals surface area contributed by atoms with Crippen molar-refractivity contribution >= 4 is 27.2 Å². The van der Waals surface area contributed by atoms with Gasteiger partial charge in [-0.15, -0.1) is 11.3 Å². The third kappa shape index (κ3) is 2.69. The molecule has 18 heavy (non-hydrogen) atoms. The average Bonchev–Trinajstić information content (AvgIpc) is 2.82. The molecular weight excluding hydrogens is 270 g/mol. The molecule has 0 aromatic carbocycles. The normalized spacial score (nSPS) is 11.9. The van der Waals surface area contributed by atoms with Crippen LogP contribution in [0.25, 0.3) is 0 Å². The van der Waals surface area contributed by atoms with Gasteiger partial charge in [-0.1, -0.05) is 6.07 Å². The van der Waals surface area contributed by atoms with E-state index in [4.69, 9.17) is 5.73 Å². The summed E-state index contributed by atoms with van der Waals surface area (Å²) in [6.07, 6.45) is 1.27. The van der Waals surface area contributed by atoms with E-state index in [1.165, 1.54) is 34.0 Å². The first-order valence-corrected chi connectivity index (χ1v) is 7.52. The molecule has 2 aromatic rings. The molecule has 0 saturated heterocycles. The second-order valence-corrected chi connectivity index (χ2v) is 6.84. The Bertz CT molecular complexity index is 606. The molecule has 2 N–H and O–H groups in total. The highest BCUT2D eigenvalue weighted by Gasteiger charge is 2.21. The zero-order valence-electron chi connectivity index (χ0n) is 9.78. The average molecular weight is 283 g/mol. The summed E-state index contributed by atoms with van der Waals surface area (Å²) in [5.74, 6) is 0.301. The van der Waals surface area contributed by atoms with Crippen LogP contribution in [0.1, 0.15) is 4.88 Å². The SMILES string of the molecule is CN(Cc1cccs1)S(=O)(=O)c1ccc(N)nc1. The predicted octanol–water partition coefficient (Wildman–Crippen LogP) is 1.55. The van der Waals surface area contributed by atoms with Gasteiger partial charge in [0.25, 0.3) is 0 Å². The molecule has 0 aliphatic heterocycles. The number of hydrogen-bond acceptors (Lipinski definition) is 5. The summed E-state index contributed by atoms with van der Waals surface area (Å²) in [7, 11) is -1.96. The van der Waals surface area contributed by atoms with E-state index in [-0.39, 0.29) is 4.90 Å². The maximum absolute atomic E-state index is 12.2. The summed E-state index contributed by atoms with van der Waals surface area (Å²) in [5, 5.41) is 1.92. The second kappa shape index (κ2) is 5.05. The third-order valence-corrected chi connectivity index (χ3v) is 5.07. The van der Waals surface area contributed by atoms with Crippen LogP contribution in [0.2, 0.25) is 0 Å². The van der Waals surface area contributed by atoms with Gasteiger partial charge in [-0.05, 0) is 23.6 Å². The minimum absolute atomic E-state index is 0.149. The van der Waals surface area contributed by atoms with Crippen molar-refractivity contribution in [3.05, 3.63) is 40.7 Å². The fourth-order valence-electron chi connectivity index (χ4n) is 1.43. The molecule has 0 atom stereocenters. The van der Waals surface area contributed by atoms with Crippen LogP contribution in [0.4, 0.5) is 5.82 Å². The van der Waals surface area contributed by atoms with E-state index in [9.17, 15) is 8.42 Å². The standard InChI is InChI=1S/C11H13N3O2S2/c1-14(8-9-3-2-6-17-9)18(15,16)10-4-5-11(12)13-7-10/h2-7H,8H2,1H3,(H2,12,13). The first-order chi connectivity index (χ1) is 8.50. The summed E-state index contributed by atoms with van der Waals surface area (Å²) in [6, 6.07) is 6.73. The van der Waals surface area contributed by atoms with Crippen molar-refractivity contribution in [1.29, 1.82) is 0 Å². The number of aromatic nitrogens is 1. The van der Waals surface area contributed by atoms with Crippen molar-refractivity contribution in [3.8, 4) is 0 Å². The van der Waals surface area contributed by atoms with Gasteiger partial charge in [-0.3, -0.25) is 0 Å². The molecule has 0 fully saturated rings. The van der Waals surface area contributed by atoms with Crippen LogP contribution in [-0.4, -0.2) is 24.8 Å². The highest BCUT2D eigenvalue weighted by Crippen LogP contribution is 2.18. The summed E-state index contributed by atoms with van der Waals surface area (Å²) in [6.45, 7) is 0.352. The lowest BCUT2D eigenvalue weighted by atomic mass is 10.5. The Morgan fingerprint density at radius 2 is 2.17 bits per heavy atom. The van der Waals surface area contributed by atoms with E-state index in [2.05, 4.69) is 4.98 Å². The Morgan fingerprint density at radius 3 is 2.72 bits per heavy atom. The zero-order valence-corrected chi connectivity index (χ0v) is 11.4. The molecule has 2 aromatic heterocycles. The number of nitrogen functional groups attached to an aromatic ring is 1. The molecule has 96 valence electrons. The fourth-order valence-corrected chi connectivity index (χ4v) is 3.37. The molecule has 0 aliphatic carbocycles. The van der Waals surface area contributed by atoms with Crippen molar-refractivity contribution in [1.82, 2.24) is 9.29 Å². The van der Waals surface area contributed by atoms with Crippen LogP contribution >= 0.6 is 11.3 Å². The quantitative estimate of drug-likeness (QED) is 0.923. The van der Waals surface area contributed by atoms with Crippen LogP contribution < -0.4 is 5.73 Å². The second-order valence-electron chi connectivity index (χ2n) is 3.76. The molecule has 7 heteroatoms. The summed E-state index contributed by atoms with van der Waals surface area (Å²) < 4.78 is 25.7. The Balaban J connectivity index is 2.22. The van der Waals surface area contributed by atoms with Crippen LogP contribution in [0, 0.1) is 0 Å². The lowest BCUT2D eigenvalue weighted by molar-refractivity contribution is 0.469. The minimum Gasteiger partial charge on any atom is -0.384 e. The number of rotatable bonds is 4. The van der Waals surface area contributed by atoms with Gasteiger partial charge in [0.05, 0.1) is 0 Å². The monoisotopic (exact) mass is 283 g/mol. The zero-order chi connectivity index (χ0) is 13.2. The van der Waals surface area contributed by atoms with Crippen molar-refractivity contribution in [3.63, 3.8) is 0 Å². The Morgan fingerprint density at radius 1 is 1.39 bits per heavy atom. The number of pyridine rings is 1. The Kier molecular flexibility index (Phi) is 3.65. The number of nitrogens with zero attached hydrogens (tertiary/aromatic N) is 2. The van der Waals surface area contributed by atoms with Crippen molar-refractivity contribution in [2.75, 3.05) is 12.8 Å². The maximum Gasteiger partial charge on any atom is 0.244 e. The molecule has 0 saturated carbocycles. The van der Waals surface area contributed by atoms with Crippen molar-refractivity contribution < 1.29 is 8.42 Å². The van der Waals surface area contributed by atoms with Crippen LogP contribution in [-0.2, 0) is 16.6 Å². The molecular formula is C11H13N3O2S2. The number of nitrogens with two attached hydrogens (primary N) is 1. The molecule has 0 unspecified atom stereocenters. The molecule has 2 rings (SSSR count). The van der Waals surface area contributed by atoms with Gasteiger partial charge in [0, 0.05) is 24.7 Å². The molecule has 2 heterocycles. The molecule has 0 amide bonds. The first-order valence-electron chi connectivity index (χ1n) is 5.20. The van der Waals surface area contributed by atoms with E-state index >= 15 is 0 Å². The number of thiophene rings is 1. The van der Waals surface area contributed by atoms with Gasteiger partial charge in [0.15, 0.2) is 0 Å². The van der Waals surface area contributed by atoms with E-state index in [0.717, 1.165) is 4.88 Å². The van der Waals surface area contributed by atoms with Crippen LogP contribution in [0.15, 0.2) is 40.7 Å². The lowest BCUT2D eigenvalue weighted by Gasteiger charge is -2.16. The fraction of sp³-hybridized carbons (Fsp3) is 0.182. The van der Waals surface area contributed by atoms with Crippen LogP contribution in [0.3, 0.4) is 0 Å². The minimum atomic E-state index is -3.51. The van der Waals surface area contributed by atoms with E-state index in [1.807, 2.05) is 17.5 Å². The highest BCUT2D eigenvalue weighted by atomic mass is 32.2. The number of hydrogen-bond donors (Lipinski definition) is 1.